The number of hydrazone groups is 1. The minimum atomic E-state index is -0.533. The van der Waals surface area contributed by atoms with Crippen molar-refractivity contribution >= 4 is 12.1 Å². The van der Waals surface area contributed by atoms with E-state index in [0.29, 0.717) is 11.5 Å². The van der Waals surface area contributed by atoms with E-state index in [1.54, 1.807) is 26.5 Å². The number of carbonyl (C=O) groups excluding carboxylic acids is 1. The lowest BCUT2D eigenvalue weighted by Gasteiger charge is -2.18. The average Bonchev–Trinajstić information content (AvgIpc) is 2.75. The minimum absolute atomic E-state index is 0.231. The summed E-state index contributed by atoms with van der Waals surface area (Å²) in [4.78, 5) is 13.0. The van der Waals surface area contributed by atoms with Crippen LogP contribution in [0.2, 0.25) is 0 Å². The van der Waals surface area contributed by atoms with Gasteiger partial charge in [0.15, 0.2) is 11.5 Å². The van der Waals surface area contributed by atoms with Crippen molar-refractivity contribution in [1.29, 1.82) is 0 Å². The van der Waals surface area contributed by atoms with Crippen LogP contribution in [0.15, 0.2) is 84.0 Å². The second kappa shape index (κ2) is 9.37. The maximum atomic E-state index is 13.0. The number of hydrogen-bond acceptors (Lipinski definition) is 4. The maximum Gasteiger partial charge on any atom is 0.252 e. The van der Waals surface area contributed by atoms with E-state index in [2.05, 4.69) is 10.5 Å². The molecule has 0 fully saturated rings. The minimum Gasteiger partial charge on any atom is -0.493 e. The molecule has 0 saturated heterocycles. The first-order valence-corrected chi connectivity index (χ1v) is 8.87. The molecule has 0 heterocycles. The predicted molar refractivity (Wildman–Crippen MR) is 110 cm³/mol. The van der Waals surface area contributed by atoms with Gasteiger partial charge in [-0.05, 0) is 28.8 Å². The van der Waals surface area contributed by atoms with Crippen LogP contribution in [0.3, 0.4) is 0 Å². The molecule has 0 aromatic heterocycles. The van der Waals surface area contributed by atoms with Gasteiger partial charge in [-0.15, -0.1) is 0 Å². The van der Waals surface area contributed by atoms with Gasteiger partial charge in [-0.3, -0.25) is 4.79 Å². The Labute approximate surface area is 164 Å². The van der Waals surface area contributed by atoms with Gasteiger partial charge in [-0.25, -0.2) is 5.43 Å². The molecule has 0 aliphatic rings. The van der Waals surface area contributed by atoms with Crippen molar-refractivity contribution in [3.63, 3.8) is 0 Å². The Balaban J connectivity index is 1.89. The van der Waals surface area contributed by atoms with Gasteiger partial charge in [0, 0.05) is 0 Å². The van der Waals surface area contributed by atoms with Crippen molar-refractivity contribution in [3.8, 4) is 11.5 Å². The van der Waals surface area contributed by atoms with E-state index in [4.69, 9.17) is 9.47 Å². The van der Waals surface area contributed by atoms with Crippen LogP contribution in [-0.4, -0.2) is 26.3 Å². The van der Waals surface area contributed by atoms with Gasteiger partial charge in [0.2, 0.25) is 0 Å². The van der Waals surface area contributed by atoms with Gasteiger partial charge in [0.1, 0.15) is 0 Å². The molecule has 1 unspecified atom stereocenters. The van der Waals surface area contributed by atoms with E-state index >= 15 is 0 Å². The fourth-order valence-electron chi connectivity index (χ4n) is 2.95. The second-order valence-corrected chi connectivity index (χ2v) is 6.10. The van der Waals surface area contributed by atoms with Crippen molar-refractivity contribution in [1.82, 2.24) is 5.43 Å². The number of rotatable bonds is 7. The van der Waals surface area contributed by atoms with Gasteiger partial charge in [0.05, 0.1) is 26.4 Å². The molecule has 0 aliphatic carbocycles. The summed E-state index contributed by atoms with van der Waals surface area (Å²) >= 11 is 0. The molecule has 0 saturated carbocycles. The first-order chi connectivity index (χ1) is 13.7. The second-order valence-electron chi connectivity index (χ2n) is 6.10. The Morgan fingerprint density at radius 2 is 1.50 bits per heavy atom. The number of amides is 1. The molecule has 1 atom stereocenters. The smallest absolute Gasteiger partial charge is 0.252 e. The van der Waals surface area contributed by atoms with E-state index in [9.17, 15) is 4.79 Å². The predicted octanol–water partition coefficient (Wildman–Crippen LogP) is 3.99. The third-order valence-electron chi connectivity index (χ3n) is 4.32. The Kier molecular flexibility index (Phi) is 6.41. The molecule has 142 valence electrons. The zero-order valence-corrected chi connectivity index (χ0v) is 15.8. The summed E-state index contributed by atoms with van der Waals surface area (Å²) in [5.74, 6) is 0.418. The van der Waals surface area contributed by atoms with Crippen LogP contribution in [0.5, 0.6) is 11.5 Å². The zero-order chi connectivity index (χ0) is 19.8. The topological polar surface area (TPSA) is 59.9 Å². The molecule has 28 heavy (non-hydrogen) atoms. The van der Waals surface area contributed by atoms with Crippen molar-refractivity contribution < 1.29 is 14.3 Å². The number of benzene rings is 3. The molecule has 3 aromatic carbocycles. The Hall–Kier alpha value is -3.60. The Bertz CT molecular complexity index is 941. The Morgan fingerprint density at radius 3 is 2.14 bits per heavy atom. The van der Waals surface area contributed by atoms with E-state index < -0.39 is 5.92 Å². The number of methoxy groups -OCH3 is 2. The fourth-order valence-corrected chi connectivity index (χ4v) is 2.95. The van der Waals surface area contributed by atoms with Crippen molar-refractivity contribution in [3.05, 3.63) is 95.6 Å². The Morgan fingerprint density at radius 1 is 0.857 bits per heavy atom. The molecule has 3 rings (SSSR count). The molecule has 1 N–H and O–H groups in total. The van der Waals surface area contributed by atoms with E-state index in [1.807, 2.05) is 72.8 Å². The molecular formula is C23H22N2O3. The zero-order valence-electron chi connectivity index (χ0n) is 15.8. The van der Waals surface area contributed by atoms with E-state index in [-0.39, 0.29) is 5.91 Å². The van der Waals surface area contributed by atoms with Crippen LogP contribution in [0.4, 0.5) is 0 Å². The molecule has 0 spiro atoms. The normalized spacial score (nSPS) is 11.8. The molecule has 3 aromatic rings. The van der Waals surface area contributed by atoms with Gasteiger partial charge in [-0.2, -0.15) is 5.10 Å². The molecule has 0 bridgehead atoms. The first kappa shape index (κ1) is 19.2. The summed E-state index contributed by atoms with van der Waals surface area (Å²) in [5.41, 5.74) is 5.21. The largest absolute Gasteiger partial charge is 0.493 e. The van der Waals surface area contributed by atoms with Gasteiger partial charge in [0.25, 0.3) is 5.91 Å². The third-order valence-corrected chi connectivity index (χ3v) is 4.32. The van der Waals surface area contributed by atoms with Crippen LogP contribution in [0, 0.1) is 0 Å². The molecule has 0 radical (unpaired) electrons. The van der Waals surface area contributed by atoms with Crippen LogP contribution in [0.1, 0.15) is 22.6 Å². The van der Waals surface area contributed by atoms with Crippen molar-refractivity contribution in [2.45, 2.75) is 5.92 Å². The van der Waals surface area contributed by atoms with Crippen LogP contribution < -0.4 is 14.9 Å². The lowest BCUT2D eigenvalue weighted by Crippen LogP contribution is -2.26. The number of nitrogens with one attached hydrogen (secondary N) is 1. The average molecular weight is 374 g/mol. The number of hydrogen-bond donors (Lipinski definition) is 1. The van der Waals surface area contributed by atoms with Crippen LogP contribution >= 0.6 is 0 Å². The standard InChI is InChI=1S/C23H22N2O3/c1-27-20-14-13-19(15-21(20)28-2)22(18-11-7-4-8-12-18)23(26)25-24-16-17-9-5-3-6-10-17/h3-16,22H,1-2H3,(H,25,26)/b24-16+. The molecular weight excluding hydrogens is 352 g/mol. The molecule has 5 nitrogen and oxygen atoms in total. The third kappa shape index (κ3) is 4.57. The fraction of sp³-hybridized carbons (Fsp3) is 0.130. The summed E-state index contributed by atoms with van der Waals surface area (Å²) in [5, 5.41) is 4.11. The number of ether oxygens (including phenoxy) is 2. The molecule has 5 heteroatoms. The summed E-state index contributed by atoms with van der Waals surface area (Å²) in [7, 11) is 3.15. The molecule has 0 aliphatic heterocycles. The van der Waals surface area contributed by atoms with Gasteiger partial charge >= 0.3 is 0 Å². The lowest BCUT2D eigenvalue weighted by molar-refractivity contribution is -0.121. The van der Waals surface area contributed by atoms with Gasteiger partial charge < -0.3 is 9.47 Å². The highest BCUT2D eigenvalue weighted by molar-refractivity contribution is 5.88. The van der Waals surface area contributed by atoms with Crippen LogP contribution in [0.25, 0.3) is 0 Å². The summed E-state index contributed by atoms with van der Waals surface area (Å²) in [6.45, 7) is 0. The van der Waals surface area contributed by atoms with E-state index in [1.165, 1.54) is 0 Å². The van der Waals surface area contributed by atoms with E-state index in [0.717, 1.165) is 16.7 Å². The SMILES string of the molecule is COc1ccc(C(C(=O)N/N=C/c2ccccc2)c2ccccc2)cc1OC. The van der Waals surface area contributed by atoms with Crippen molar-refractivity contribution in [2.75, 3.05) is 14.2 Å². The summed E-state index contributed by atoms with van der Waals surface area (Å²) in [6.07, 6.45) is 1.62. The van der Waals surface area contributed by atoms with Crippen molar-refractivity contribution in [2.24, 2.45) is 5.10 Å². The first-order valence-electron chi connectivity index (χ1n) is 8.87. The van der Waals surface area contributed by atoms with Gasteiger partial charge in [-0.1, -0.05) is 66.7 Å². The number of carbonyl (C=O) groups is 1. The highest BCUT2D eigenvalue weighted by atomic mass is 16.5. The quantitative estimate of drug-likeness (QED) is 0.503. The summed E-state index contributed by atoms with van der Waals surface area (Å²) in [6, 6.07) is 24.6. The lowest BCUT2D eigenvalue weighted by atomic mass is 9.90. The monoisotopic (exact) mass is 374 g/mol. The maximum absolute atomic E-state index is 13.0. The summed E-state index contributed by atoms with van der Waals surface area (Å²) < 4.78 is 10.7. The highest BCUT2D eigenvalue weighted by Crippen LogP contribution is 2.33. The molecule has 1 amide bonds. The van der Waals surface area contributed by atoms with Crippen LogP contribution in [-0.2, 0) is 4.79 Å². The highest BCUT2D eigenvalue weighted by Gasteiger charge is 2.24. The number of nitrogens with zero attached hydrogens (tertiary/aromatic N) is 1.